The van der Waals surface area contributed by atoms with Crippen LogP contribution in [0.25, 0.3) is 0 Å². The highest BCUT2D eigenvalue weighted by atomic mass is 16.3. The lowest BCUT2D eigenvalue weighted by Gasteiger charge is -2.31. The van der Waals surface area contributed by atoms with Gasteiger partial charge in [0.15, 0.2) is 0 Å². The van der Waals surface area contributed by atoms with Gasteiger partial charge in [-0.15, -0.1) is 0 Å². The third kappa shape index (κ3) is 3.29. The van der Waals surface area contributed by atoms with Gasteiger partial charge < -0.3 is 15.5 Å². The zero-order valence-corrected chi connectivity index (χ0v) is 8.97. The third-order valence-corrected chi connectivity index (χ3v) is 2.57. The summed E-state index contributed by atoms with van der Waals surface area (Å²) >= 11 is 0. The molecular weight excluding hydrogens is 208 g/mol. The fourth-order valence-corrected chi connectivity index (χ4v) is 1.73. The first kappa shape index (κ1) is 12.6. The van der Waals surface area contributed by atoms with Gasteiger partial charge in [-0.05, 0) is 38.1 Å². The van der Waals surface area contributed by atoms with Crippen molar-refractivity contribution >= 4 is 6.47 Å². The number of hydrogen-bond acceptors (Lipinski definition) is 4. The molecule has 3 N–H and O–H groups in total. The first-order chi connectivity index (χ1) is 7.73. The predicted octanol–water partition coefficient (Wildman–Crippen LogP) is 0.353. The fourth-order valence-electron chi connectivity index (χ4n) is 1.73. The van der Waals surface area contributed by atoms with E-state index in [1.54, 1.807) is 6.20 Å². The second kappa shape index (κ2) is 6.19. The molecule has 0 saturated carbocycles. The van der Waals surface area contributed by atoms with E-state index >= 15 is 0 Å². The number of piperidine rings is 1. The van der Waals surface area contributed by atoms with Crippen LogP contribution >= 0.6 is 0 Å². The van der Waals surface area contributed by atoms with Crippen molar-refractivity contribution in [2.24, 2.45) is 0 Å². The van der Waals surface area contributed by atoms with Crippen molar-refractivity contribution in [2.45, 2.75) is 18.4 Å². The number of hydrogen-bond donors (Lipinski definition) is 3. The van der Waals surface area contributed by atoms with E-state index in [-0.39, 0.29) is 6.47 Å². The summed E-state index contributed by atoms with van der Waals surface area (Å²) < 4.78 is 0. The lowest BCUT2D eigenvalue weighted by Crippen LogP contribution is -2.40. The van der Waals surface area contributed by atoms with Gasteiger partial charge in [0.2, 0.25) is 0 Å². The minimum Gasteiger partial charge on any atom is -0.483 e. The number of nitrogens with zero attached hydrogens (tertiary/aromatic N) is 1. The second-order valence-electron chi connectivity index (χ2n) is 3.60. The molecule has 2 heterocycles. The van der Waals surface area contributed by atoms with Gasteiger partial charge in [-0.1, -0.05) is 6.07 Å². The van der Waals surface area contributed by atoms with Crippen molar-refractivity contribution in [3.8, 4) is 0 Å². The molecule has 0 radical (unpaired) electrons. The quantitative estimate of drug-likeness (QED) is 0.600. The van der Waals surface area contributed by atoms with E-state index in [2.05, 4.69) is 10.3 Å². The summed E-state index contributed by atoms with van der Waals surface area (Å²) in [5.41, 5.74) is 0.100. The van der Waals surface area contributed by atoms with Crippen LogP contribution in [0.3, 0.4) is 0 Å². The summed E-state index contributed by atoms with van der Waals surface area (Å²) in [4.78, 5) is 12.6. The van der Waals surface area contributed by atoms with Gasteiger partial charge in [-0.25, -0.2) is 0 Å². The van der Waals surface area contributed by atoms with Crippen LogP contribution < -0.4 is 5.32 Å². The van der Waals surface area contributed by atoms with Crippen molar-refractivity contribution < 1.29 is 15.0 Å². The molecule has 1 saturated heterocycles. The molecule has 0 aliphatic carbocycles. The summed E-state index contributed by atoms with van der Waals surface area (Å²) in [5, 5.41) is 20.4. The molecular formula is C11H16N2O3. The van der Waals surface area contributed by atoms with Crippen molar-refractivity contribution in [3.05, 3.63) is 30.1 Å². The number of rotatable bonds is 1. The van der Waals surface area contributed by atoms with E-state index in [9.17, 15) is 5.11 Å². The number of aliphatic hydroxyl groups is 1. The topological polar surface area (TPSA) is 82.5 Å². The Morgan fingerprint density at radius 2 is 2.00 bits per heavy atom. The molecule has 16 heavy (non-hydrogen) atoms. The molecule has 5 heteroatoms. The fraction of sp³-hybridized carbons (Fsp3) is 0.455. The van der Waals surface area contributed by atoms with Crippen LogP contribution in [0.5, 0.6) is 0 Å². The van der Waals surface area contributed by atoms with E-state index in [4.69, 9.17) is 9.90 Å². The SMILES string of the molecule is O=CO.OC1(c2ccccn2)CCNCC1. The molecule has 1 aromatic heterocycles. The zero-order chi connectivity index (χ0) is 11.9. The lowest BCUT2D eigenvalue weighted by atomic mass is 9.89. The zero-order valence-electron chi connectivity index (χ0n) is 8.97. The van der Waals surface area contributed by atoms with Crippen LogP contribution in [0.1, 0.15) is 18.5 Å². The minimum atomic E-state index is -0.702. The first-order valence-electron chi connectivity index (χ1n) is 5.15. The minimum absolute atomic E-state index is 0.250. The lowest BCUT2D eigenvalue weighted by molar-refractivity contribution is -0.122. The normalized spacial score (nSPS) is 18.1. The number of carbonyl (C=O) groups is 1. The summed E-state index contributed by atoms with van der Waals surface area (Å²) in [6, 6.07) is 5.68. The molecule has 2 rings (SSSR count). The van der Waals surface area contributed by atoms with E-state index in [1.807, 2.05) is 18.2 Å². The smallest absolute Gasteiger partial charge is 0.290 e. The van der Waals surface area contributed by atoms with Crippen molar-refractivity contribution in [2.75, 3.05) is 13.1 Å². The van der Waals surface area contributed by atoms with Crippen LogP contribution in [-0.2, 0) is 10.4 Å². The van der Waals surface area contributed by atoms with Crippen LogP contribution in [0, 0.1) is 0 Å². The van der Waals surface area contributed by atoms with Crippen LogP contribution in [0.4, 0.5) is 0 Å². The number of aromatic nitrogens is 1. The van der Waals surface area contributed by atoms with Crippen LogP contribution in [0.15, 0.2) is 24.4 Å². The molecule has 0 amide bonds. The van der Waals surface area contributed by atoms with Crippen LogP contribution in [0.2, 0.25) is 0 Å². The average Bonchev–Trinajstić information content (AvgIpc) is 2.32. The first-order valence-corrected chi connectivity index (χ1v) is 5.15. The highest BCUT2D eigenvalue weighted by Crippen LogP contribution is 2.28. The summed E-state index contributed by atoms with van der Waals surface area (Å²) in [7, 11) is 0. The monoisotopic (exact) mass is 224 g/mol. The molecule has 1 aliphatic rings. The molecule has 0 spiro atoms. The van der Waals surface area contributed by atoms with Crippen molar-refractivity contribution in [1.29, 1.82) is 0 Å². The van der Waals surface area contributed by atoms with E-state index in [1.165, 1.54) is 0 Å². The highest BCUT2D eigenvalue weighted by Gasteiger charge is 2.31. The van der Waals surface area contributed by atoms with Gasteiger partial charge in [-0.3, -0.25) is 9.78 Å². The molecule has 1 aliphatic heterocycles. The number of pyridine rings is 1. The maximum Gasteiger partial charge on any atom is 0.290 e. The molecule has 0 aromatic carbocycles. The van der Waals surface area contributed by atoms with Gasteiger partial charge in [-0.2, -0.15) is 0 Å². The van der Waals surface area contributed by atoms with Crippen molar-refractivity contribution in [1.82, 2.24) is 10.3 Å². The molecule has 0 unspecified atom stereocenters. The Bertz CT molecular complexity index is 310. The standard InChI is InChI=1S/C10H14N2O.CH2O2/c13-10(4-7-11-8-5-10)9-3-1-2-6-12-9;2-1-3/h1-3,6,11,13H,4-5,7-8H2;1H,(H,2,3). The average molecular weight is 224 g/mol. The Labute approximate surface area is 94.1 Å². The summed E-state index contributed by atoms with van der Waals surface area (Å²) in [5.74, 6) is 0. The maximum atomic E-state index is 10.2. The summed E-state index contributed by atoms with van der Waals surface area (Å²) in [6.45, 7) is 1.49. The van der Waals surface area contributed by atoms with Gasteiger partial charge in [0.05, 0.1) is 5.69 Å². The van der Waals surface area contributed by atoms with E-state index in [0.717, 1.165) is 31.6 Å². The Morgan fingerprint density at radius 3 is 2.50 bits per heavy atom. The van der Waals surface area contributed by atoms with Gasteiger partial charge in [0.25, 0.3) is 6.47 Å². The molecule has 1 fully saturated rings. The van der Waals surface area contributed by atoms with Gasteiger partial charge in [0, 0.05) is 6.20 Å². The van der Waals surface area contributed by atoms with E-state index < -0.39 is 5.60 Å². The Kier molecular flexibility index (Phi) is 4.88. The molecule has 0 bridgehead atoms. The van der Waals surface area contributed by atoms with E-state index in [0.29, 0.717) is 0 Å². The Morgan fingerprint density at radius 1 is 1.38 bits per heavy atom. The molecule has 88 valence electrons. The third-order valence-electron chi connectivity index (χ3n) is 2.57. The Hall–Kier alpha value is -1.46. The van der Waals surface area contributed by atoms with Crippen molar-refractivity contribution in [3.63, 3.8) is 0 Å². The second-order valence-corrected chi connectivity index (χ2v) is 3.60. The largest absolute Gasteiger partial charge is 0.483 e. The predicted molar refractivity (Wildman–Crippen MR) is 58.9 cm³/mol. The maximum absolute atomic E-state index is 10.2. The summed E-state index contributed by atoms with van der Waals surface area (Å²) in [6.07, 6.45) is 3.24. The molecule has 5 nitrogen and oxygen atoms in total. The van der Waals surface area contributed by atoms with Crippen LogP contribution in [-0.4, -0.2) is 34.8 Å². The number of carboxylic acid groups (broad SMARTS) is 1. The van der Waals surface area contributed by atoms with Gasteiger partial charge >= 0.3 is 0 Å². The molecule has 1 aromatic rings. The number of nitrogens with one attached hydrogen (secondary N) is 1. The molecule has 0 atom stereocenters. The highest BCUT2D eigenvalue weighted by molar-refractivity contribution is 5.32. The van der Waals surface area contributed by atoms with Gasteiger partial charge in [0.1, 0.15) is 5.60 Å². The Balaban J connectivity index is 0.000000386.